The van der Waals surface area contributed by atoms with E-state index in [-0.39, 0.29) is 16.7 Å². The lowest BCUT2D eigenvalue weighted by Gasteiger charge is -2.08. The number of nitrogens with zero attached hydrogens (tertiary/aromatic N) is 2. The summed E-state index contributed by atoms with van der Waals surface area (Å²) in [6, 6.07) is 9.79. The van der Waals surface area contributed by atoms with Gasteiger partial charge >= 0.3 is 5.69 Å². The van der Waals surface area contributed by atoms with E-state index < -0.39 is 4.92 Å². The van der Waals surface area contributed by atoms with Crippen LogP contribution in [0.3, 0.4) is 0 Å². The molecule has 1 N–H and O–H groups in total. The fourth-order valence-electron chi connectivity index (χ4n) is 1.66. The molecule has 0 aliphatic carbocycles. The smallest absolute Gasteiger partial charge is 0.311 e. The number of nitrogens with one attached hydrogen (secondary N) is 1. The van der Waals surface area contributed by atoms with Crippen molar-refractivity contribution in [1.82, 2.24) is 4.98 Å². The highest BCUT2D eigenvalue weighted by molar-refractivity contribution is 6.29. The molecule has 0 bridgehead atoms. The number of pyridine rings is 1. The van der Waals surface area contributed by atoms with E-state index in [0.29, 0.717) is 12.3 Å². The lowest BCUT2D eigenvalue weighted by Crippen LogP contribution is -2.00. The molecule has 0 saturated carbocycles. The van der Waals surface area contributed by atoms with Crippen molar-refractivity contribution in [2.45, 2.75) is 13.3 Å². The van der Waals surface area contributed by atoms with Crippen LogP contribution in [0.25, 0.3) is 0 Å². The van der Waals surface area contributed by atoms with Crippen LogP contribution in [0.5, 0.6) is 5.75 Å². The van der Waals surface area contributed by atoms with Gasteiger partial charge in [-0.3, -0.25) is 10.1 Å². The Bertz CT molecular complexity index is 632. The Morgan fingerprint density at radius 2 is 2.00 bits per heavy atom. The molecule has 0 aliphatic rings. The third kappa shape index (κ3) is 4.06. The van der Waals surface area contributed by atoms with Crippen LogP contribution >= 0.6 is 11.6 Å². The Morgan fingerprint density at radius 1 is 1.29 bits per heavy atom. The summed E-state index contributed by atoms with van der Waals surface area (Å²) >= 11 is 5.78. The van der Waals surface area contributed by atoms with E-state index in [2.05, 4.69) is 10.3 Å². The van der Waals surface area contributed by atoms with Crippen molar-refractivity contribution in [3.63, 3.8) is 0 Å². The molecule has 7 heteroatoms. The van der Waals surface area contributed by atoms with E-state index in [0.717, 1.165) is 12.2 Å². The van der Waals surface area contributed by atoms with Gasteiger partial charge in [0.2, 0.25) is 5.82 Å². The number of rotatable bonds is 6. The van der Waals surface area contributed by atoms with Gasteiger partial charge in [0.1, 0.15) is 10.9 Å². The molecular weight excluding hydrogens is 294 g/mol. The highest BCUT2D eigenvalue weighted by Crippen LogP contribution is 2.27. The van der Waals surface area contributed by atoms with Gasteiger partial charge in [0.05, 0.1) is 11.5 Å². The molecule has 0 amide bonds. The summed E-state index contributed by atoms with van der Waals surface area (Å²) < 4.78 is 5.47. The first-order valence-electron chi connectivity index (χ1n) is 6.41. The van der Waals surface area contributed by atoms with Crippen molar-refractivity contribution in [1.29, 1.82) is 0 Å². The second-order valence-electron chi connectivity index (χ2n) is 4.26. The van der Waals surface area contributed by atoms with Crippen molar-refractivity contribution in [2.75, 3.05) is 11.9 Å². The van der Waals surface area contributed by atoms with Gasteiger partial charge in [-0.2, -0.15) is 0 Å². The van der Waals surface area contributed by atoms with Gasteiger partial charge in [-0.25, -0.2) is 4.98 Å². The average molecular weight is 308 g/mol. The summed E-state index contributed by atoms with van der Waals surface area (Å²) in [5.74, 6) is 0.852. The number of nitro groups is 1. The first-order valence-corrected chi connectivity index (χ1v) is 6.78. The second kappa shape index (κ2) is 6.90. The molecule has 110 valence electrons. The first kappa shape index (κ1) is 15.1. The largest absolute Gasteiger partial charge is 0.494 e. The minimum atomic E-state index is -0.510. The van der Waals surface area contributed by atoms with Crippen molar-refractivity contribution in [3.05, 3.63) is 51.7 Å². The van der Waals surface area contributed by atoms with Crippen LogP contribution in [0, 0.1) is 10.1 Å². The van der Waals surface area contributed by atoms with E-state index in [1.54, 1.807) is 24.3 Å². The van der Waals surface area contributed by atoms with E-state index in [1.165, 1.54) is 12.1 Å². The maximum Gasteiger partial charge on any atom is 0.311 e. The summed E-state index contributed by atoms with van der Waals surface area (Å²) in [5.41, 5.74) is 0.530. The highest BCUT2D eigenvalue weighted by atomic mass is 35.5. The second-order valence-corrected chi connectivity index (χ2v) is 4.64. The van der Waals surface area contributed by atoms with Gasteiger partial charge in [0, 0.05) is 11.8 Å². The number of benzene rings is 1. The van der Waals surface area contributed by atoms with E-state index in [9.17, 15) is 10.1 Å². The number of hydrogen-bond acceptors (Lipinski definition) is 5. The van der Waals surface area contributed by atoms with Crippen molar-refractivity contribution in [3.8, 4) is 5.75 Å². The van der Waals surface area contributed by atoms with Crippen LogP contribution in [-0.2, 0) is 0 Å². The van der Waals surface area contributed by atoms with E-state index in [1.807, 2.05) is 6.92 Å². The number of anilines is 2. The van der Waals surface area contributed by atoms with Gasteiger partial charge in [-0.1, -0.05) is 18.5 Å². The average Bonchev–Trinajstić information content (AvgIpc) is 2.46. The topological polar surface area (TPSA) is 77.3 Å². The predicted molar refractivity (Wildman–Crippen MR) is 81.4 cm³/mol. The van der Waals surface area contributed by atoms with Gasteiger partial charge in [0.15, 0.2) is 0 Å². The number of halogens is 1. The zero-order valence-electron chi connectivity index (χ0n) is 11.4. The van der Waals surface area contributed by atoms with Crippen LogP contribution in [0.4, 0.5) is 17.2 Å². The third-order valence-electron chi connectivity index (χ3n) is 2.63. The lowest BCUT2D eigenvalue weighted by molar-refractivity contribution is -0.384. The normalized spacial score (nSPS) is 10.2. The van der Waals surface area contributed by atoms with Crippen LogP contribution in [0.1, 0.15) is 13.3 Å². The van der Waals surface area contributed by atoms with Crippen LogP contribution in [0.2, 0.25) is 5.15 Å². The zero-order valence-corrected chi connectivity index (χ0v) is 12.1. The summed E-state index contributed by atoms with van der Waals surface area (Å²) in [6.07, 6.45) is 0.929. The van der Waals surface area contributed by atoms with Gasteiger partial charge in [-0.15, -0.1) is 0 Å². The molecule has 0 saturated heterocycles. The monoisotopic (exact) mass is 307 g/mol. The fourth-order valence-corrected chi connectivity index (χ4v) is 1.81. The van der Waals surface area contributed by atoms with Crippen LogP contribution in [0.15, 0.2) is 36.4 Å². The zero-order chi connectivity index (χ0) is 15.2. The molecule has 0 aliphatic heterocycles. The van der Waals surface area contributed by atoms with Crippen LogP contribution in [-0.4, -0.2) is 16.5 Å². The summed E-state index contributed by atoms with van der Waals surface area (Å²) in [6.45, 7) is 2.67. The molecule has 0 atom stereocenters. The molecule has 1 aromatic heterocycles. The maximum absolute atomic E-state index is 11.0. The molecule has 0 radical (unpaired) electrons. The van der Waals surface area contributed by atoms with Crippen molar-refractivity contribution in [2.24, 2.45) is 0 Å². The Morgan fingerprint density at radius 3 is 2.62 bits per heavy atom. The number of aromatic nitrogens is 1. The lowest BCUT2D eigenvalue weighted by atomic mass is 10.3. The Balaban J connectivity index is 2.18. The van der Waals surface area contributed by atoms with Gasteiger partial charge in [0.25, 0.3) is 0 Å². The molecule has 2 aromatic rings. The minimum Gasteiger partial charge on any atom is -0.494 e. The van der Waals surface area contributed by atoms with Gasteiger partial charge in [-0.05, 0) is 36.8 Å². The SMILES string of the molecule is CCCOc1ccc(Nc2nc(Cl)ccc2[N+](=O)[O-])cc1. The Kier molecular flexibility index (Phi) is 4.94. The molecule has 21 heavy (non-hydrogen) atoms. The maximum atomic E-state index is 11.0. The number of ether oxygens (including phenoxy) is 1. The Labute approximate surface area is 126 Å². The standard InChI is InChI=1S/C14H14ClN3O3/c1-2-9-21-11-5-3-10(4-6-11)16-14-12(18(19)20)7-8-13(15)17-14/h3-8H,2,9H2,1H3,(H,16,17). The quantitative estimate of drug-likeness (QED) is 0.492. The predicted octanol–water partition coefficient (Wildman–Crippen LogP) is 4.18. The summed E-state index contributed by atoms with van der Waals surface area (Å²) in [7, 11) is 0. The third-order valence-corrected chi connectivity index (χ3v) is 2.84. The molecule has 1 heterocycles. The summed E-state index contributed by atoms with van der Waals surface area (Å²) in [5, 5.41) is 14.0. The van der Waals surface area contributed by atoms with E-state index in [4.69, 9.17) is 16.3 Å². The number of hydrogen-bond donors (Lipinski definition) is 1. The molecule has 2 rings (SSSR count). The fraction of sp³-hybridized carbons (Fsp3) is 0.214. The van der Waals surface area contributed by atoms with E-state index >= 15 is 0 Å². The molecule has 0 fully saturated rings. The summed E-state index contributed by atoms with van der Waals surface area (Å²) in [4.78, 5) is 14.4. The molecular formula is C14H14ClN3O3. The highest BCUT2D eigenvalue weighted by Gasteiger charge is 2.15. The molecule has 0 unspecified atom stereocenters. The first-order chi connectivity index (χ1) is 10.1. The molecule has 6 nitrogen and oxygen atoms in total. The van der Waals surface area contributed by atoms with Crippen molar-refractivity contribution < 1.29 is 9.66 Å². The van der Waals surface area contributed by atoms with Crippen LogP contribution < -0.4 is 10.1 Å². The van der Waals surface area contributed by atoms with Crippen molar-refractivity contribution >= 4 is 28.8 Å². The molecule has 1 aromatic carbocycles. The Hall–Kier alpha value is -2.34. The van der Waals surface area contributed by atoms with Gasteiger partial charge < -0.3 is 10.1 Å². The minimum absolute atomic E-state index is 0.106. The molecule has 0 spiro atoms.